The SMILES string of the molecule is CCNc1cncc(N(C)C2CCC(C)CC2)n1. The summed E-state index contributed by atoms with van der Waals surface area (Å²) in [7, 11) is 2.14. The number of nitrogens with one attached hydrogen (secondary N) is 1. The van der Waals surface area contributed by atoms with Crippen LogP contribution < -0.4 is 10.2 Å². The highest BCUT2D eigenvalue weighted by Gasteiger charge is 2.22. The van der Waals surface area contributed by atoms with Gasteiger partial charge < -0.3 is 10.2 Å². The molecule has 0 aliphatic heterocycles. The van der Waals surface area contributed by atoms with E-state index in [0.717, 1.165) is 24.1 Å². The van der Waals surface area contributed by atoms with Crippen molar-refractivity contribution >= 4 is 11.6 Å². The van der Waals surface area contributed by atoms with E-state index >= 15 is 0 Å². The minimum absolute atomic E-state index is 0.618. The molecule has 0 aromatic carbocycles. The van der Waals surface area contributed by atoms with Crippen molar-refractivity contribution in [2.75, 3.05) is 23.8 Å². The van der Waals surface area contributed by atoms with Gasteiger partial charge in [0, 0.05) is 19.6 Å². The van der Waals surface area contributed by atoms with Crippen LogP contribution in [0.15, 0.2) is 12.4 Å². The lowest BCUT2D eigenvalue weighted by atomic mass is 9.87. The molecule has 0 radical (unpaired) electrons. The van der Waals surface area contributed by atoms with Gasteiger partial charge in [-0.25, -0.2) is 4.98 Å². The number of hydrogen-bond donors (Lipinski definition) is 1. The van der Waals surface area contributed by atoms with E-state index in [2.05, 4.69) is 41.1 Å². The van der Waals surface area contributed by atoms with E-state index in [1.807, 2.05) is 6.20 Å². The van der Waals surface area contributed by atoms with E-state index in [0.29, 0.717) is 6.04 Å². The highest BCUT2D eigenvalue weighted by molar-refractivity contribution is 5.44. The Labute approximate surface area is 110 Å². The molecule has 0 spiro atoms. The van der Waals surface area contributed by atoms with Crippen LogP contribution in [0.4, 0.5) is 11.6 Å². The number of anilines is 2. The fourth-order valence-electron chi connectivity index (χ4n) is 2.61. The smallest absolute Gasteiger partial charge is 0.149 e. The molecule has 1 N–H and O–H groups in total. The monoisotopic (exact) mass is 248 g/mol. The Morgan fingerprint density at radius 2 is 2.00 bits per heavy atom. The zero-order valence-electron chi connectivity index (χ0n) is 11.7. The van der Waals surface area contributed by atoms with Crippen molar-refractivity contribution < 1.29 is 0 Å². The third-order valence-corrected chi connectivity index (χ3v) is 3.87. The molecule has 0 saturated heterocycles. The van der Waals surface area contributed by atoms with Crippen LogP contribution in [0.1, 0.15) is 39.5 Å². The van der Waals surface area contributed by atoms with Crippen LogP contribution in [0.5, 0.6) is 0 Å². The quantitative estimate of drug-likeness (QED) is 0.889. The zero-order chi connectivity index (χ0) is 13.0. The van der Waals surface area contributed by atoms with E-state index in [4.69, 9.17) is 0 Å². The summed E-state index contributed by atoms with van der Waals surface area (Å²) in [5.41, 5.74) is 0. The molecule has 0 amide bonds. The topological polar surface area (TPSA) is 41.1 Å². The Balaban J connectivity index is 2.03. The molecule has 0 bridgehead atoms. The first kappa shape index (κ1) is 13.1. The fourth-order valence-corrected chi connectivity index (χ4v) is 2.61. The van der Waals surface area contributed by atoms with E-state index in [1.54, 1.807) is 6.20 Å². The third kappa shape index (κ3) is 3.12. The highest BCUT2D eigenvalue weighted by atomic mass is 15.2. The van der Waals surface area contributed by atoms with Crippen molar-refractivity contribution in [1.29, 1.82) is 0 Å². The van der Waals surface area contributed by atoms with Crippen LogP contribution in [0.25, 0.3) is 0 Å². The van der Waals surface area contributed by atoms with E-state index < -0.39 is 0 Å². The average Bonchev–Trinajstić information content (AvgIpc) is 2.39. The van der Waals surface area contributed by atoms with Crippen molar-refractivity contribution in [2.24, 2.45) is 5.92 Å². The first-order valence-corrected chi connectivity index (χ1v) is 6.99. The van der Waals surface area contributed by atoms with Gasteiger partial charge in [0.05, 0.1) is 12.4 Å². The Morgan fingerprint density at radius 3 is 2.67 bits per heavy atom. The molecule has 4 heteroatoms. The summed E-state index contributed by atoms with van der Waals surface area (Å²) in [6.07, 6.45) is 8.84. The molecule has 1 heterocycles. The van der Waals surface area contributed by atoms with Crippen molar-refractivity contribution in [1.82, 2.24) is 9.97 Å². The summed E-state index contributed by atoms with van der Waals surface area (Å²) in [4.78, 5) is 11.2. The van der Waals surface area contributed by atoms with Gasteiger partial charge in [0.2, 0.25) is 0 Å². The van der Waals surface area contributed by atoms with Crippen molar-refractivity contribution in [3.8, 4) is 0 Å². The molecule has 1 aromatic heterocycles. The molecule has 0 atom stereocenters. The summed E-state index contributed by atoms with van der Waals surface area (Å²) >= 11 is 0. The van der Waals surface area contributed by atoms with Crippen molar-refractivity contribution in [3.63, 3.8) is 0 Å². The van der Waals surface area contributed by atoms with Crippen molar-refractivity contribution in [2.45, 2.75) is 45.6 Å². The van der Waals surface area contributed by atoms with Gasteiger partial charge in [-0.3, -0.25) is 4.98 Å². The Kier molecular flexibility index (Phi) is 4.39. The maximum atomic E-state index is 4.61. The summed E-state index contributed by atoms with van der Waals surface area (Å²) in [6.45, 7) is 5.30. The molecule has 4 nitrogen and oxygen atoms in total. The minimum Gasteiger partial charge on any atom is -0.369 e. The average molecular weight is 248 g/mol. The third-order valence-electron chi connectivity index (χ3n) is 3.87. The fraction of sp³-hybridized carbons (Fsp3) is 0.714. The zero-order valence-corrected chi connectivity index (χ0v) is 11.7. The second-order valence-corrected chi connectivity index (χ2v) is 5.32. The number of aromatic nitrogens is 2. The number of hydrogen-bond acceptors (Lipinski definition) is 4. The van der Waals surface area contributed by atoms with Crippen LogP contribution in [0, 0.1) is 5.92 Å². The largest absolute Gasteiger partial charge is 0.369 e. The lowest BCUT2D eigenvalue weighted by Crippen LogP contribution is -2.35. The second-order valence-electron chi connectivity index (χ2n) is 5.32. The summed E-state index contributed by atoms with van der Waals surface area (Å²) < 4.78 is 0. The molecular weight excluding hydrogens is 224 g/mol. The van der Waals surface area contributed by atoms with E-state index in [1.165, 1.54) is 25.7 Å². The van der Waals surface area contributed by atoms with Gasteiger partial charge in [-0.2, -0.15) is 0 Å². The van der Waals surface area contributed by atoms with Gasteiger partial charge in [-0.15, -0.1) is 0 Å². The summed E-state index contributed by atoms with van der Waals surface area (Å²) in [5, 5.41) is 3.21. The summed E-state index contributed by atoms with van der Waals surface area (Å²) in [5.74, 6) is 2.73. The Hall–Kier alpha value is -1.32. The first-order valence-electron chi connectivity index (χ1n) is 6.99. The molecule has 1 fully saturated rings. The molecular formula is C14H24N4. The predicted molar refractivity (Wildman–Crippen MR) is 76.0 cm³/mol. The molecule has 1 aromatic rings. The predicted octanol–water partition coefficient (Wildman–Crippen LogP) is 2.92. The van der Waals surface area contributed by atoms with E-state index in [-0.39, 0.29) is 0 Å². The molecule has 1 saturated carbocycles. The lowest BCUT2D eigenvalue weighted by molar-refractivity contribution is 0.340. The summed E-state index contributed by atoms with van der Waals surface area (Å²) in [6, 6.07) is 0.618. The van der Waals surface area contributed by atoms with Gasteiger partial charge in [0.15, 0.2) is 0 Å². The Bertz CT molecular complexity index is 372. The van der Waals surface area contributed by atoms with Crippen LogP contribution in [0.3, 0.4) is 0 Å². The second kappa shape index (κ2) is 6.03. The van der Waals surface area contributed by atoms with Crippen molar-refractivity contribution in [3.05, 3.63) is 12.4 Å². The molecule has 0 unspecified atom stereocenters. The lowest BCUT2D eigenvalue weighted by Gasteiger charge is -2.34. The molecule has 2 rings (SSSR count). The van der Waals surface area contributed by atoms with Gasteiger partial charge in [-0.1, -0.05) is 6.92 Å². The van der Waals surface area contributed by atoms with Gasteiger partial charge in [-0.05, 0) is 38.5 Å². The number of rotatable bonds is 4. The maximum Gasteiger partial charge on any atom is 0.149 e. The van der Waals surface area contributed by atoms with Gasteiger partial charge in [0.1, 0.15) is 11.6 Å². The standard InChI is InChI=1S/C14H24N4/c1-4-16-13-9-15-10-14(17-13)18(3)12-7-5-11(2)6-8-12/h9-12H,4-8H2,1-3H3,(H,16,17). The maximum absolute atomic E-state index is 4.61. The normalized spacial score (nSPS) is 23.7. The van der Waals surface area contributed by atoms with Gasteiger partial charge in [0.25, 0.3) is 0 Å². The molecule has 100 valence electrons. The van der Waals surface area contributed by atoms with Crippen LogP contribution in [-0.4, -0.2) is 29.6 Å². The minimum atomic E-state index is 0.618. The molecule has 1 aliphatic rings. The Morgan fingerprint density at radius 1 is 1.28 bits per heavy atom. The van der Waals surface area contributed by atoms with E-state index in [9.17, 15) is 0 Å². The van der Waals surface area contributed by atoms with Crippen LogP contribution in [0.2, 0.25) is 0 Å². The van der Waals surface area contributed by atoms with Crippen LogP contribution in [-0.2, 0) is 0 Å². The van der Waals surface area contributed by atoms with Crippen LogP contribution >= 0.6 is 0 Å². The molecule has 18 heavy (non-hydrogen) atoms. The van der Waals surface area contributed by atoms with Gasteiger partial charge >= 0.3 is 0 Å². The number of nitrogens with zero attached hydrogens (tertiary/aromatic N) is 3. The highest BCUT2D eigenvalue weighted by Crippen LogP contribution is 2.28. The first-order chi connectivity index (χ1) is 8.70. The molecule has 1 aliphatic carbocycles.